The van der Waals surface area contributed by atoms with Crippen molar-refractivity contribution in [3.05, 3.63) is 34.4 Å². The molecule has 0 saturated carbocycles. The summed E-state index contributed by atoms with van der Waals surface area (Å²) in [6, 6.07) is 6.05. The Bertz CT molecular complexity index is 453. The van der Waals surface area contributed by atoms with Crippen LogP contribution < -0.4 is 0 Å². The van der Waals surface area contributed by atoms with Crippen molar-refractivity contribution in [3.8, 4) is 0 Å². The van der Waals surface area contributed by atoms with Crippen LogP contribution in [0.2, 0.25) is 0 Å². The number of likely N-dealkylation sites (tertiary alicyclic amines) is 1. The topological polar surface area (TPSA) is 63.5 Å². The van der Waals surface area contributed by atoms with Gasteiger partial charge in [-0.05, 0) is 45.1 Å². The first-order valence-corrected chi connectivity index (χ1v) is 7.13. The highest BCUT2D eigenvalue weighted by Crippen LogP contribution is 2.22. The first-order chi connectivity index (χ1) is 8.58. The molecule has 1 saturated heterocycles. The molecule has 0 radical (unpaired) electrons. The average Bonchev–Trinajstić information content (AvgIpc) is 2.39. The fourth-order valence-electron chi connectivity index (χ4n) is 2.09. The Hall–Kier alpha value is -1.27. The number of hydrogen-bond acceptors (Lipinski definition) is 4. The van der Waals surface area contributed by atoms with Gasteiger partial charge in [-0.25, -0.2) is 0 Å². The first kappa shape index (κ1) is 13.2. The summed E-state index contributed by atoms with van der Waals surface area (Å²) in [6.07, 6.45) is 1.83. The zero-order chi connectivity index (χ0) is 13.1. The third-order valence-electron chi connectivity index (χ3n) is 3.25. The van der Waals surface area contributed by atoms with Crippen LogP contribution in [-0.2, 0) is 10.8 Å². The minimum Gasteiger partial charge on any atom is -0.306 e. The van der Waals surface area contributed by atoms with Crippen LogP contribution in [0.25, 0.3) is 0 Å². The Kier molecular flexibility index (Phi) is 4.08. The van der Waals surface area contributed by atoms with E-state index in [0.717, 1.165) is 25.9 Å². The zero-order valence-electron chi connectivity index (χ0n) is 10.2. The Balaban J connectivity index is 2.07. The molecule has 1 heterocycles. The fraction of sp³-hybridized carbons (Fsp3) is 0.500. The van der Waals surface area contributed by atoms with Crippen molar-refractivity contribution in [2.45, 2.75) is 23.0 Å². The SMILES string of the molecule is CN1CCC(S(=O)c2ccc([N+](=O)[O-])cc2)CC1. The van der Waals surface area contributed by atoms with Gasteiger partial charge >= 0.3 is 0 Å². The number of piperidine rings is 1. The van der Waals surface area contributed by atoms with E-state index in [9.17, 15) is 14.3 Å². The van der Waals surface area contributed by atoms with Gasteiger partial charge in [-0.15, -0.1) is 0 Å². The molecule has 5 nitrogen and oxygen atoms in total. The lowest BCUT2D eigenvalue weighted by Gasteiger charge is -2.28. The molecule has 98 valence electrons. The fourth-order valence-corrected chi connectivity index (χ4v) is 3.52. The van der Waals surface area contributed by atoms with E-state index in [1.54, 1.807) is 12.1 Å². The quantitative estimate of drug-likeness (QED) is 0.619. The minimum absolute atomic E-state index is 0.0409. The van der Waals surface area contributed by atoms with Crippen LogP contribution in [0, 0.1) is 10.1 Å². The van der Waals surface area contributed by atoms with Gasteiger partial charge in [-0.2, -0.15) is 0 Å². The largest absolute Gasteiger partial charge is 0.306 e. The molecule has 0 aromatic heterocycles. The van der Waals surface area contributed by atoms with E-state index in [0.29, 0.717) is 4.90 Å². The van der Waals surface area contributed by atoms with E-state index in [1.807, 2.05) is 0 Å². The standard InChI is InChI=1S/C12H16N2O3S/c1-13-8-6-12(7-9-13)18(17)11-4-2-10(3-5-11)14(15)16/h2-5,12H,6-9H2,1H3. The molecule has 1 unspecified atom stereocenters. The average molecular weight is 268 g/mol. The Morgan fingerprint density at radius 1 is 1.28 bits per heavy atom. The van der Waals surface area contributed by atoms with E-state index >= 15 is 0 Å². The van der Waals surface area contributed by atoms with Crippen LogP contribution in [0.1, 0.15) is 12.8 Å². The van der Waals surface area contributed by atoms with Crippen molar-refractivity contribution in [2.75, 3.05) is 20.1 Å². The van der Waals surface area contributed by atoms with E-state index in [1.165, 1.54) is 12.1 Å². The molecule has 2 rings (SSSR count). The van der Waals surface area contributed by atoms with Gasteiger partial charge in [0.05, 0.1) is 15.7 Å². The summed E-state index contributed by atoms with van der Waals surface area (Å²) in [5.41, 5.74) is 0.0409. The molecule has 6 heteroatoms. The highest BCUT2D eigenvalue weighted by atomic mass is 32.2. The van der Waals surface area contributed by atoms with Crippen molar-refractivity contribution < 1.29 is 9.13 Å². The zero-order valence-corrected chi connectivity index (χ0v) is 11.1. The van der Waals surface area contributed by atoms with Crippen LogP contribution in [0.15, 0.2) is 29.2 Å². The lowest BCUT2D eigenvalue weighted by molar-refractivity contribution is -0.384. The van der Waals surface area contributed by atoms with Crippen molar-refractivity contribution in [3.63, 3.8) is 0 Å². The van der Waals surface area contributed by atoms with E-state index in [2.05, 4.69) is 11.9 Å². The van der Waals surface area contributed by atoms with Crippen LogP contribution in [0.4, 0.5) is 5.69 Å². The predicted molar refractivity (Wildman–Crippen MR) is 70.0 cm³/mol. The molecule has 1 fully saturated rings. The van der Waals surface area contributed by atoms with E-state index in [-0.39, 0.29) is 10.9 Å². The third-order valence-corrected chi connectivity index (χ3v) is 5.06. The molecular weight excluding hydrogens is 252 g/mol. The summed E-state index contributed by atoms with van der Waals surface area (Å²) in [5.74, 6) is 0. The maximum Gasteiger partial charge on any atom is 0.269 e. The number of nitro benzene ring substituents is 1. The van der Waals surface area contributed by atoms with Gasteiger partial charge in [0.2, 0.25) is 0 Å². The van der Waals surface area contributed by atoms with Crippen molar-refractivity contribution in [1.29, 1.82) is 0 Å². The Morgan fingerprint density at radius 2 is 1.83 bits per heavy atom. The molecule has 0 amide bonds. The van der Waals surface area contributed by atoms with Gasteiger partial charge in [0.25, 0.3) is 5.69 Å². The van der Waals surface area contributed by atoms with Gasteiger partial charge in [0.15, 0.2) is 0 Å². The number of rotatable bonds is 3. The molecule has 1 atom stereocenters. The Labute approximate surface area is 108 Å². The molecule has 0 bridgehead atoms. The van der Waals surface area contributed by atoms with E-state index < -0.39 is 15.7 Å². The number of benzene rings is 1. The summed E-state index contributed by atoms with van der Waals surface area (Å²) in [5, 5.41) is 10.7. The summed E-state index contributed by atoms with van der Waals surface area (Å²) < 4.78 is 12.3. The molecule has 18 heavy (non-hydrogen) atoms. The summed E-state index contributed by atoms with van der Waals surface area (Å²) in [4.78, 5) is 13.0. The number of hydrogen-bond donors (Lipinski definition) is 0. The molecule has 0 spiro atoms. The van der Waals surface area contributed by atoms with Gasteiger partial charge in [-0.3, -0.25) is 14.3 Å². The third kappa shape index (κ3) is 2.94. The van der Waals surface area contributed by atoms with Crippen molar-refractivity contribution >= 4 is 16.5 Å². The van der Waals surface area contributed by atoms with Crippen LogP contribution in [0.3, 0.4) is 0 Å². The van der Waals surface area contributed by atoms with Crippen LogP contribution >= 0.6 is 0 Å². The van der Waals surface area contributed by atoms with Crippen LogP contribution in [-0.4, -0.2) is 39.4 Å². The number of non-ortho nitro benzene ring substituents is 1. The number of nitrogens with zero attached hydrogens (tertiary/aromatic N) is 2. The maximum absolute atomic E-state index is 12.3. The molecule has 1 aromatic rings. The molecule has 1 aliphatic heterocycles. The van der Waals surface area contributed by atoms with E-state index in [4.69, 9.17) is 0 Å². The highest BCUT2D eigenvalue weighted by Gasteiger charge is 2.23. The number of nitro groups is 1. The maximum atomic E-state index is 12.3. The normalized spacial score (nSPS) is 19.6. The summed E-state index contributed by atoms with van der Waals surface area (Å²) >= 11 is 0. The van der Waals surface area contributed by atoms with Crippen molar-refractivity contribution in [2.24, 2.45) is 0 Å². The second-order valence-corrected chi connectivity index (χ2v) is 6.28. The lowest BCUT2D eigenvalue weighted by Crippen LogP contribution is -2.34. The van der Waals surface area contributed by atoms with Gasteiger partial charge in [0.1, 0.15) is 0 Å². The molecule has 1 aromatic carbocycles. The monoisotopic (exact) mass is 268 g/mol. The Morgan fingerprint density at radius 3 is 2.33 bits per heavy atom. The minimum atomic E-state index is -1.06. The smallest absolute Gasteiger partial charge is 0.269 e. The summed E-state index contributed by atoms with van der Waals surface area (Å²) in [7, 11) is 1.00. The van der Waals surface area contributed by atoms with Crippen LogP contribution in [0.5, 0.6) is 0 Å². The summed E-state index contributed by atoms with van der Waals surface area (Å²) in [6.45, 7) is 1.92. The van der Waals surface area contributed by atoms with Crippen molar-refractivity contribution in [1.82, 2.24) is 4.90 Å². The molecular formula is C12H16N2O3S. The van der Waals surface area contributed by atoms with Gasteiger partial charge in [-0.1, -0.05) is 0 Å². The van der Waals surface area contributed by atoms with Gasteiger partial charge in [0, 0.05) is 22.3 Å². The van der Waals surface area contributed by atoms with Gasteiger partial charge < -0.3 is 4.90 Å². The lowest BCUT2D eigenvalue weighted by atomic mass is 10.1. The highest BCUT2D eigenvalue weighted by molar-refractivity contribution is 7.85. The molecule has 0 N–H and O–H groups in total. The second-order valence-electron chi connectivity index (χ2n) is 4.55. The predicted octanol–water partition coefficient (Wildman–Crippen LogP) is 1.80. The first-order valence-electron chi connectivity index (χ1n) is 5.91. The second kappa shape index (κ2) is 5.58. The molecule has 1 aliphatic rings. The molecule has 0 aliphatic carbocycles.